The van der Waals surface area contributed by atoms with E-state index in [4.69, 9.17) is 10.00 Å². The van der Waals surface area contributed by atoms with Crippen LogP contribution in [-0.2, 0) is 6.61 Å². The molecule has 0 N–H and O–H groups in total. The molecule has 1 aromatic heterocycles. The summed E-state index contributed by atoms with van der Waals surface area (Å²) in [5, 5.41) is 8.73. The van der Waals surface area contributed by atoms with Gasteiger partial charge in [-0.25, -0.2) is 14.4 Å². The molecule has 1 heterocycles. The topological polar surface area (TPSA) is 58.8 Å². The van der Waals surface area contributed by atoms with Gasteiger partial charge in [-0.15, -0.1) is 0 Å². The van der Waals surface area contributed by atoms with E-state index >= 15 is 0 Å². The lowest BCUT2D eigenvalue weighted by Crippen LogP contribution is -1.98. The van der Waals surface area contributed by atoms with Gasteiger partial charge in [0.2, 0.25) is 0 Å². The normalized spacial score (nSPS) is 10.2. The van der Waals surface area contributed by atoms with Gasteiger partial charge in [0.05, 0.1) is 11.6 Å². The van der Waals surface area contributed by atoms with E-state index < -0.39 is 5.82 Å². The standard InChI is InChI=1S/C19H14FN3O/c1-13-10-22-19(23-11-13)16-5-2-14(3-6-16)12-24-18-7-4-15(9-21)8-17(18)20/h2-8,10-11H,12H2,1H3. The third kappa shape index (κ3) is 3.55. The highest BCUT2D eigenvalue weighted by molar-refractivity contribution is 5.55. The van der Waals surface area contributed by atoms with Gasteiger partial charge >= 0.3 is 0 Å². The van der Waals surface area contributed by atoms with E-state index in [1.807, 2.05) is 37.3 Å². The maximum Gasteiger partial charge on any atom is 0.166 e. The predicted octanol–water partition coefficient (Wildman–Crippen LogP) is 4.04. The summed E-state index contributed by atoms with van der Waals surface area (Å²) in [6.45, 7) is 2.17. The lowest BCUT2D eigenvalue weighted by Gasteiger charge is -2.08. The average Bonchev–Trinajstić information content (AvgIpc) is 2.62. The number of benzene rings is 2. The zero-order valence-electron chi connectivity index (χ0n) is 13.0. The first-order valence-corrected chi connectivity index (χ1v) is 7.36. The molecule has 0 saturated carbocycles. The number of aromatic nitrogens is 2. The first-order valence-electron chi connectivity index (χ1n) is 7.36. The van der Waals surface area contributed by atoms with E-state index in [-0.39, 0.29) is 17.9 Å². The number of hydrogen-bond donors (Lipinski definition) is 0. The number of rotatable bonds is 4. The van der Waals surface area contributed by atoms with Gasteiger partial charge < -0.3 is 4.74 Å². The lowest BCUT2D eigenvalue weighted by atomic mass is 10.1. The van der Waals surface area contributed by atoms with Crippen LogP contribution in [0.25, 0.3) is 11.4 Å². The molecule has 5 heteroatoms. The van der Waals surface area contributed by atoms with Crippen LogP contribution in [0.5, 0.6) is 5.75 Å². The summed E-state index contributed by atoms with van der Waals surface area (Å²) in [6, 6.07) is 13.6. The largest absolute Gasteiger partial charge is 0.486 e. The second kappa shape index (κ2) is 6.88. The average molecular weight is 319 g/mol. The molecule has 118 valence electrons. The molecule has 0 aliphatic rings. The number of nitriles is 1. The van der Waals surface area contributed by atoms with Crippen molar-refractivity contribution < 1.29 is 9.13 Å². The van der Waals surface area contributed by atoms with Gasteiger partial charge in [0, 0.05) is 18.0 Å². The Labute approximate surface area is 139 Å². The maximum absolute atomic E-state index is 13.8. The molecule has 0 aliphatic heterocycles. The monoisotopic (exact) mass is 319 g/mol. The summed E-state index contributed by atoms with van der Waals surface area (Å²) < 4.78 is 19.2. The number of aryl methyl sites for hydroxylation is 1. The van der Waals surface area contributed by atoms with Crippen molar-refractivity contribution in [2.24, 2.45) is 0 Å². The van der Waals surface area contributed by atoms with Gasteiger partial charge in [0.15, 0.2) is 17.4 Å². The molecule has 0 aliphatic carbocycles. The minimum Gasteiger partial charge on any atom is -0.486 e. The molecule has 0 fully saturated rings. The molecule has 0 atom stereocenters. The van der Waals surface area contributed by atoms with Gasteiger partial charge in [0.25, 0.3) is 0 Å². The Bertz CT molecular complexity index is 884. The zero-order chi connectivity index (χ0) is 16.9. The predicted molar refractivity (Wildman–Crippen MR) is 87.7 cm³/mol. The summed E-state index contributed by atoms with van der Waals surface area (Å²) in [5.74, 6) is 0.241. The molecule has 0 amide bonds. The van der Waals surface area contributed by atoms with Crippen LogP contribution in [0, 0.1) is 24.1 Å². The van der Waals surface area contributed by atoms with Crippen molar-refractivity contribution in [1.29, 1.82) is 5.26 Å². The fourth-order valence-electron chi connectivity index (χ4n) is 2.14. The van der Waals surface area contributed by atoms with E-state index in [1.165, 1.54) is 12.1 Å². The summed E-state index contributed by atoms with van der Waals surface area (Å²) in [4.78, 5) is 8.56. The van der Waals surface area contributed by atoms with Gasteiger partial charge in [0.1, 0.15) is 6.61 Å². The summed E-state index contributed by atoms with van der Waals surface area (Å²) in [7, 11) is 0. The van der Waals surface area contributed by atoms with Crippen molar-refractivity contribution in [3.05, 3.63) is 77.4 Å². The van der Waals surface area contributed by atoms with E-state index in [1.54, 1.807) is 12.4 Å². The number of ether oxygens (including phenoxy) is 1. The van der Waals surface area contributed by atoms with E-state index in [0.717, 1.165) is 22.8 Å². The van der Waals surface area contributed by atoms with Crippen LogP contribution in [-0.4, -0.2) is 9.97 Å². The molecule has 0 spiro atoms. The molecule has 2 aromatic carbocycles. The highest BCUT2D eigenvalue weighted by Gasteiger charge is 2.06. The van der Waals surface area contributed by atoms with Gasteiger partial charge in [-0.1, -0.05) is 24.3 Å². The Morgan fingerprint density at radius 2 is 1.79 bits per heavy atom. The SMILES string of the molecule is Cc1cnc(-c2ccc(COc3ccc(C#N)cc3F)cc2)nc1. The molecule has 0 radical (unpaired) electrons. The Hall–Kier alpha value is -3.26. The van der Waals surface area contributed by atoms with Gasteiger partial charge in [-0.05, 0) is 36.2 Å². The number of halogens is 1. The molecule has 4 nitrogen and oxygen atoms in total. The smallest absolute Gasteiger partial charge is 0.166 e. The van der Waals surface area contributed by atoms with Gasteiger partial charge in [-0.2, -0.15) is 5.26 Å². The molecular weight excluding hydrogens is 305 g/mol. The fourth-order valence-corrected chi connectivity index (χ4v) is 2.14. The second-order valence-electron chi connectivity index (χ2n) is 5.33. The summed E-state index contributed by atoms with van der Waals surface area (Å²) in [6.07, 6.45) is 3.54. The highest BCUT2D eigenvalue weighted by Crippen LogP contribution is 2.20. The Balaban J connectivity index is 1.68. The van der Waals surface area contributed by atoms with E-state index in [9.17, 15) is 4.39 Å². The van der Waals surface area contributed by atoms with Crippen LogP contribution in [0.2, 0.25) is 0 Å². The first kappa shape index (κ1) is 15.6. The summed E-state index contributed by atoms with van der Waals surface area (Å²) in [5.41, 5.74) is 3.08. The maximum atomic E-state index is 13.8. The molecular formula is C19H14FN3O. The zero-order valence-corrected chi connectivity index (χ0v) is 13.0. The highest BCUT2D eigenvalue weighted by atomic mass is 19.1. The third-order valence-corrected chi connectivity index (χ3v) is 3.45. The molecule has 0 bridgehead atoms. The Morgan fingerprint density at radius 1 is 1.08 bits per heavy atom. The Morgan fingerprint density at radius 3 is 2.42 bits per heavy atom. The summed E-state index contributed by atoms with van der Waals surface area (Å²) >= 11 is 0. The van der Waals surface area contributed by atoms with Gasteiger partial charge in [-0.3, -0.25) is 0 Å². The van der Waals surface area contributed by atoms with Crippen molar-refractivity contribution in [3.8, 4) is 23.2 Å². The van der Waals surface area contributed by atoms with Crippen molar-refractivity contribution in [3.63, 3.8) is 0 Å². The van der Waals surface area contributed by atoms with Crippen molar-refractivity contribution >= 4 is 0 Å². The van der Waals surface area contributed by atoms with E-state index in [0.29, 0.717) is 5.82 Å². The number of hydrogen-bond acceptors (Lipinski definition) is 4. The van der Waals surface area contributed by atoms with Crippen LogP contribution in [0.4, 0.5) is 4.39 Å². The third-order valence-electron chi connectivity index (χ3n) is 3.45. The van der Waals surface area contributed by atoms with Crippen LogP contribution in [0.15, 0.2) is 54.9 Å². The van der Waals surface area contributed by atoms with Crippen LogP contribution < -0.4 is 4.74 Å². The Kier molecular flexibility index (Phi) is 4.48. The minimum atomic E-state index is -0.543. The quantitative estimate of drug-likeness (QED) is 0.728. The van der Waals surface area contributed by atoms with Crippen molar-refractivity contribution in [2.75, 3.05) is 0 Å². The molecule has 24 heavy (non-hydrogen) atoms. The molecule has 3 rings (SSSR count). The van der Waals surface area contributed by atoms with Crippen LogP contribution in [0.3, 0.4) is 0 Å². The number of nitrogens with zero attached hydrogens (tertiary/aromatic N) is 3. The molecule has 3 aromatic rings. The minimum absolute atomic E-state index is 0.125. The van der Waals surface area contributed by atoms with Crippen LogP contribution in [0.1, 0.15) is 16.7 Å². The van der Waals surface area contributed by atoms with Crippen molar-refractivity contribution in [1.82, 2.24) is 9.97 Å². The van der Waals surface area contributed by atoms with E-state index in [2.05, 4.69) is 9.97 Å². The second-order valence-corrected chi connectivity index (χ2v) is 5.33. The van der Waals surface area contributed by atoms with Crippen LogP contribution >= 0.6 is 0 Å². The van der Waals surface area contributed by atoms with Crippen molar-refractivity contribution in [2.45, 2.75) is 13.5 Å². The first-order chi connectivity index (χ1) is 11.7. The fraction of sp³-hybridized carbons (Fsp3) is 0.105. The molecule has 0 saturated heterocycles. The molecule has 0 unspecified atom stereocenters. The lowest BCUT2D eigenvalue weighted by molar-refractivity contribution is 0.290.